The Bertz CT molecular complexity index is 647. The number of carbonyl (C=O) groups excluding carboxylic acids is 2. The molecule has 1 aromatic heterocycles. The van der Waals surface area contributed by atoms with E-state index in [0.29, 0.717) is 18.7 Å². The molecule has 0 aliphatic heterocycles. The monoisotopic (exact) mass is 314 g/mol. The van der Waals surface area contributed by atoms with Crippen molar-refractivity contribution in [1.82, 2.24) is 9.47 Å². The molecule has 1 atom stereocenters. The molecule has 122 valence electrons. The summed E-state index contributed by atoms with van der Waals surface area (Å²) in [6, 6.07) is 11.3. The van der Waals surface area contributed by atoms with Gasteiger partial charge in [0.1, 0.15) is 0 Å². The lowest BCUT2D eigenvalue weighted by Gasteiger charge is -2.23. The highest BCUT2D eigenvalue weighted by atomic mass is 16.5. The second kappa shape index (κ2) is 7.63. The molecule has 0 aliphatic carbocycles. The third-order valence-corrected chi connectivity index (χ3v) is 3.78. The molecule has 2 aromatic rings. The Balaban J connectivity index is 2.10. The highest BCUT2D eigenvalue weighted by Gasteiger charge is 2.21. The highest BCUT2D eigenvalue weighted by Crippen LogP contribution is 2.13. The van der Waals surface area contributed by atoms with E-state index in [2.05, 4.69) is 0 Å². The lowest BCUT2D eigenvalue weighted by Crippen LogP contribution is -2.37. The van der Waals surface area contributed by atoms with Gasteiger partial charge in [-0.05, 0) is 43.3 Å². The van der Waals surface area contributed by atoms with Crippen LogP contribution in [0, 0.1) is 5.92 Å². The predicted molar refractivity (Wildman–Crippen MR) is 88.5 cm³/mol. The van der Waals surface area contributed by atoms with Crippen LogP contribution in [0.1, 0.15) is 24.2 Å². The van der Waals surface area contributed by atoms with Crippen molar-refractivity contribution in [3.8, 4) is 5.69 Å². The van der Waals surface area contributed by atoms with Crippen LogP contribution in [0.3, 0.4) is 0 Å². The van der Waals surface area contributed by atoms with E-state index in [-0.39, 0.29) is 17.8 Å². The molecular formula is C18H22N2O3. The lowest BCUT2D eigenvalue weighted by atomic mass is 10.1. The largest absolute Gasteiger partial charge is 0.469 e. The van der Waals surface area contributed by atoms with Gasteiger partial charge in [0.25, 0.3) is 5.91 Å². The van der Waals surface area contributed by atoms with Gasteiger partial charge in [0.05, 0.1) is 13.0 Å². The molecule has 1 aromatic carbocycles. The summed E-state index contributed by atoms with van der Waals surface area (Å²) in [6.45, 7) is 4.55. The molecule has 0 fully saturated rings. The Kier molecular flexibility index (Phi) is 5.57. The van der Waals surface area contributed by atoms with Crippen LogP contribution in [0.25, 0.3) is 5.69 Å². The first-order valence-corrected chi connectivity index (χ1v) is 7.67. The summed E-state index contributed by atoms with van der Waals surface area (Å²) in [5.41, 5.74) is 1.61. The number of ether oxygens (including phenoxy) is 1. The van der Waals surface area contributed by atoms with E-state index < -0.39 is 0 Å². The second-order valence-electron chi connectivity index (χ2n) is 5.41. The maximum absolute atomic E-state index is 12.6. The molecule has 0 spiro atoms. The molecular weight excluding hydrogens is 292 g/mol. The van der Waals surface area contributed by atoms with Gasteiger partial charge in [-0.25, -0.2) is 0 Å². The maximum atomic E-state index is 12.6. The van der Waals surface area contributed by atoms with Crippen LogP contribution in [0.2, 0.25) is 0 Å². The van der Waals surface area contributed by atoms with Crippen molar-refractivity contribution in [3.05, 3.63) is 54.4 Å². The number of carbonyl (C=O) groups is 2. The van der Waals surface area contributed by atoms with Gasteiger partial charge in [0.15, 0.2) is 0 Å². The third kappa shape index (κ3) is 4.00. The van der Waals surface area contributed by atoms with Crippen molar-refractivity contribution in [3.63, 3.8) is 0 Å². The van der Waals surface area contributed by atoms with Crippen LogP contribution in [0.4, 0.5) is 0 Å². The maximum Gasteiger partial charge on any atom is 0.310 e. The Morgan fingerprint density at radius 2 is 1.78 bits per heavy atom. The molecule has 0 saturated carbocycles. The first-order valence-electron chi connectivity index (χ1n) is 7.67. The van der Waals surface area contributed by atoms with Crippen LogP contribution in [0.5, 0.6) is 0 Å². The van der Waals surface area contributed by atoms with Gasteiger partial charge in [0.2, 0.25) is 0 Å². The SMILES string of the molecule is CCN(CC(C)C(=O)OC)C(=O)c1ccc(-n2cccc2)cc1. The van der Waals surface area contributed by atoms with Gasteiger partial charge in [0, 0.05) is 36.7 Å². The average Bonchev–Trinajstić information content (AvgIpc) is 3.12. The molecule has 5 nitrogen and oxygen atoms in total. The van der Waals surface area contributed by atoms with Gasteiger partial charge in [-0.1, -0.05) is 6.92 Å². The van der Waals surface area contributed by atoms with Gasteiger partial charge in [-0.3, -0.25) is 9.59 Å². The summed E-state index contributed by atoms with van der Waals surface area (Å²) in [4.78, 5) is 25.8. The fourth-order valence-electron chi connectivity index (χ4n) is 2.43. The minimum atomic E-state index is -0.344. The molecule has 0 saturated heterocycles. The minimum absolute atomic E-state index is 0.0812. The van der Waals surface area contributed by atoms with Crippen molar-refractivity contribution in [2.24, 2.45) is 5.92 Å². The Morgan fingerprint density at radius 3 is 2.30 bits per heavy atom. The number of aromatic nitrogens is 1. The van der Waals surface area contributed by atoms with Crippen LogP contribution in [-0.4, -0.2) is 41.5 Å². The average molecular weight is 314 g/mol. The number of amides is 1. The lowest BCUT2D eigenvalue weighted by molar-refractivity contribution is -0.145. The summed E-state index contributed by atoms with van der Waals surface area (Å²) in [5, 5.41) is 0. The highest BCUT2D eigenvalue weighted by molar-refractivity contribution is 5.94. The number of methoxy groups -OCH3 is 1. The fourth-order valence-corrected chi connectivity index (χ4v) is 2.43. The zero-order valence-electron chi connectivity index (χ0n) is 13.7. The van der Waals surface area contributed by atoms with Crippen LogP contribution >= 0.6 is 0 Å². The Hall–Kier alpha value is -2.56. The quantitative estimate of drug-likeness (QED) is 0.770. The Labute approximate surface area is 136 Å². The van der Waals surface area contributed by atoms with E-state index in [9.17, 15) is 9.59 Å². The van der Waals surface area contributed by atoms with Gasteiger partial charge in [-0.15, -0.1) is 0 Å². The zero-order chi connectivity index (χ0) is 16.8. The molecule has 0 aliphatic rings. The first kappa shape index (κ1) is 16.8. The van der Waals surface area contributed by atoms with E-state index in [4.69, 9.17) is 4.74 Å². The minimum Gasteiger partial charge on any atom is -0.469 e. The number of hydrogen-bond acceptors (Lipinski definition) is 3. The summed E-state index contributed by atoms with van der Waals surface area (Å²) >= 11 is 0. The molecule has 1 heterocycles. The Morgan fingerprint density at radius 1 is 1.17 bits per heavy atom. The molecule has 0 bridgehead atoms. The van der Waals surface area contributed by atoms with Gasteiger partial charge in [-0.2, -0.15) is 0 Å². The van der Waals surface area contributed by atoms with Gasteiger partial charge >= 0.3 is 5.97 Å². The van der Waals surface area contributed by atoms with Crippen molar-refractivity contribution < 1.29 is 14.3 Å². The van der Waals surface area contributed by atoms with Gasteiger partial charge < -0.3 is 14.2 Å². The number of esters is 1. The van der Waals surface area contributed by atoms with Crippen molar-refractivity contribution in [2.45, 2.75) is 13.8 Å². The van der Waals surface area contributed by atoms with Crippen molar-refractivity contribution in [2.75, 3.05) is 20.2 Å². The molecule has 2 rings (SSSR count). The van der Waals surface area contributed by atoms with Crippen LogP contribution in [-0.2, 0) is 9.53 Å². The second-order valence-corrected chi connectivity index (χ2v) is 5.41. The summed E-state index contributed by atoms with van der Waals surface area (Å²) < 4.78 is 6.70. The summed E-state index contributed by atoms with van der Waals surface area (Å²) in [5.74, 6) is -0.732. The van der Waals surface area contributed by atoms with E-state index in [1.165, 1.54) is 7.11 Å². The number of hydrogen-bond donors (Lipinski definition) is 0. The number of rotatable bonds is 6. The van der Waals surface area contributed by atoms with E-state index in [1.807, 2.05) is 60.3 Å². The zero-order valence-corrected chi connectivity index (χ0v) is 13.7. The third-order valence-electron chi connectivity index (χ3n) is 3.78. The molecule has 23 heavy (non-hydrogen) atoms. The van der Waals surface area contributed by atoms with E-state index in [1.54, 1.807) is 11.8 Å². The summed E-state index contributed by atoms with van der Waals surface area (Å²) in [6.07, 6.45) is 3.90. The van der Waals surface area contributed by atoms with Crippen LogP contribution in [0.15, 0.2) is 48.8 Å². The van der Waals surface area contributed by atoms with E-state index in [0.717, 1.165) is 5.69 Å². The van der Waals surface area contributed by atoms with Crippen molar-refractivity contribution in [1.29, 1.82) is 0 Å². The van der Waals surface area contributed by atoms with E-state index >= 15 is 0 Å². The molecule has 0 radical (unpaired) electrons. The summed E-state index contributed by atoms with van der Waals surface area (Å²) in [7, 11) is 1.36. The smallest absolute Gasteiger partial charge is 0.310 e. The van der Waals surface area contributed by atoms with Crippen LogP contribution < -0.4 is 0 Å². The normalized spacial score (nSPS) is 11.8. The molecule has 1 unspecified atom stereocenters. The number of benzene rings is 1. The molecule has 5 heteroatoms. The van der Waals surface area contributed by atoms with Crippen molar-refractivity contribution >= 4 is 11.9 Å². The topological polar surface area (TPSA) is 51.5 Å². The molecule has 1 amide bonds. The predicted octanol–water partition coefficient (Wildman–Crippen LogP) is 2.75. The standard InChI is InChI=1S/C18H22N2O3/c1-4-19(13-14(2)18(22)23-3)17(21)15-7-9-16(10-8-15)20-11-5-6-12-20/h5-12,14H,4,13H2,1-3H3. The number of nitrogens with zero attached hydrogens (tertiary/aromatic N) is 2. The first-order chi connectivity index (χ1) is 11.1. The fraction of sp³-hybridized carbons (Fsp3) is 0.333. The molecule has 0 N–H and O–H groups in total.